The standard InChI is InChI=1S/C18H21FN4O3/c19-12-4-1-3-11(7-12)9-20-18(26)21-13-8-15-17(25)22-6-2-5-14(22)16(24)23(15)10-13/h1,3-4,7,13-15H,2,5-6,8-10H2,(H2,20,21,26)/t13-,14-,15-/m0/s1. The SMILES string of the molecule is O=C(NCc1cccc(F)c1)N[C@H]1C[C@H]2C(=O)N3CCC[C@H]3C(=O)N2C1. The number of hydrogen-bond acceptors (Lipinski definition) is 3. The predicted octanol–water partition coefficient (Wildman–Crippen LogP) is 0.599. The Morgan fingerprint density at radius 3 is 2.81 bits per heavy atom. The monoisotopic (exact) mass is 360 g/mol. The zero-order valence-corrected chi connectivity index (χ0v) is 14.3. The Morgan fingerprint density at radius 2 is 2.00 bits per heavy atom. The zero-order chi connectivity index (χ0) is 18.3. The number of rotatable bonds is 3. The molecule has 0 radical (unpaired) electrons. The fourth-order valence-corrected chi connectivity index (χ4v) is 4.15. The summed E-state index contributed by atoms with van der Waals surface area (Å²) in [5.41, 5.74) is 0.662. The van der Waals surface area contributed by atoms with Crippen molar-refractivity contribution in [1.82, 2.24) is 20.4 Å². The largest absolute Gasteiger partial charge is 0.334 e. The Morgan fingerprint density at radius 1 is 1.19 bits per heavy atom. The molecule has 4 amide bonds. The molecule has 3 saturated heterocycles. The van der Waals surface area contributed by atoms with Crippen molar-refractivity contribution >= 4 is 17.8 Å². The minimum atomic E-state index is -0.467. The lowest BCUT2D eigenvalue weighted by molar-refractivity contribution is -0.156. The smallest absolute Gasteiger partial charge is 0.315 e. The van der Waals surface area contributed by atoms with Crippen molar-refractivity contribution in [2.45, 2.75) is 43.9 Å². The molecule has 3 fully saturated rings. The normalized spacial score (nSPS) is 27.3. The molecule has 3 atom stereocenters. The van der Waals surface area contributed by atoms with Gasteiger partial charge in [0.25, 0.3) is 0 Å². The third-order valence-corrected chi connectivity index (χ3v) is 5.37. The van der Waals surface area contributed by atoms with Crippen LogP contribution >= 0.6 is 0 Å². The van der Waals surface area contributed by atoms with E-state index in [1.807, 2.05) is 0 Å². The quantitative estimate of drug-likeness (QED) is 0.828. The van der Waals surface area contributed by atoms with Gasteiger partial charge in [0, 0.05) is 19.6 Å². The van der Waals surface area contributed by atoms with E-state index >= 15 is 0 Å². The molecule has 2 N–H and O–H groups in total. The van der Waals surface area contributed by atoms with E-state index < -0.39 is 6.04 Å². The number of fused-ring (bicyclic) bond motifs is 2. The van der Waals surface area contributed by atoms with Crippen LogP contribution in [0.15, 0.2) is 24.3 Å². The topological polar surface area (TPSA) is 81.8 Å². The van der Waals surface area contributed by atoms with E-state index in [2.05, 4.69) is 10.6 Å². The van der Waals surface area contributed by atoms with Crippen LogP contribution in [0.1, 0.15) is 24.8 Å². The number of hydrogen-bond donors (Lipinski definition) is 2. The molecule has 0 aromatic heterocycles. The van der Waals surface area contributed by atoms with Gasteiger partial charge in [0.05, 0.1) is 6.04 Å². The molecular weight excluding hydrogens is 339 g/mol. The van der Waals surface area contributed by atoms with E-state index in [-0.39, 0.29) is 42.3 Å². The summed E-state index contributed by atoms with van der Waals surface area (Å²) in [6.07, 6.45) is 2.02. The van der Waals surface area contributed by atoms with Crippen molar-refractivity contribution in [1.29, 1.82) is 0 Å². The number of nitrogens with one attached hydrogen (secondary N) is 2. The van der Waals surface area contributed by atoms with Crippen LogP contribution in [-0.4, -0.2) is 58.9 Å². The molecule has 0 unspecified atom stereocenters. The summed E-state index contributed by atoms with van der Waals surface area (Å²) in [6, 6.07) is 4.58. The van der Waals surface area contributed by atoms with Gasteiger partial charge in [-0.15, -0.1) is 0 Å². The highest BCUT2D eigenvalue weighted by Gasteiger charge is 2.51. The number of carbonyl (C=O) groups is 3. The van der Waals surface area contributed by atoms with Crippen LogP contribution in [0.4, 0.5) is 9.18 Å². The molecular formula is C18H21FN4O3. The average molecular weight is 360 g/mol. The highest BCUT2D eigenvalue weighted by Crippen LogP contribution is 2.32. The van der Waals surface area contributed by atoms with Crippen LogP contribution in [0.3, 0.4) is 0 Å². The number of amides is 4. The molecule has 0 aliphatic carbocycles. The predicted molar refractivity (Wildman–Crippen MR) is 90.4 cm³/mol. The van der Waals surface area contributed by atoms with Gasteiger partial charge in [-0.25, -0.2) is 9.18 Å². The Kier molecular flexibility index (Phi) is 4.26. The van der Waals surface area contributed by atoms with Crippen LogP contribution in [0.25, 0.3) is 0 Å². The number of benzene rings is 1. The highest BCUT2D eigenvalue weighted by atomic mass is 19.1. The van der Waals surface area contributed by atoms with Crippen molar-refractivity contribution in [2.75, 3.05) is 13.1 Å². The maximum Gasteiger partial charge on any atom is 0.315 e. The average Bonchev–Trinajstić information content (AvgIpc) is 3.26. The summed E-state index contributed by atoms with van der Waals surface area (Å²) in [6.45, 7) is 1.20. The minimum Gasteiger partial charge on any atom is -0.334 e. The molecule has 3 aliphatic rings. The van der Waals surface area contributed by atoms with Gasteiger partial charge in [-0.1, -0.05) is 12.1 Å². The molecule has 0 spiro atoms. The fourth-order valence-electron chi connectivity index (χ4n) is 4.15. The van der Waals surface area contributed by atoms with Gasteiger partial charge in [0.1, 0.15) is 17.9 Å². The van der Waals surface area contributed by atoms with Crippen molar-refractivity contribution in [3.05, 3.63) is 35.6 Å². The third-order valence-electron chi connectivity index (χ3n) is 5.37. The molecule has 4 rings (SSSR count). The van der Waals surface area contributed by atoms with Crippen LogP contribution < -0.4 is 10.6 Å². The summed E-state index contributed by atoms with van der Waals surface area (Å²) in [4.78, 5) is 40.6. The van der Waals surface area contributed by atoms with Crippen molar-refractivity contribution in [2.24, 2.45) is 0 Å². The van der Waals surface area contributed by atoms with Crippen molar-refractivity contribution < 1.29 is 18.8 Å². The summed E-state index contributed by atoms with van der Waals surface area (Å²) in [5.74, 6) is -0.358. The Bertz CT molecular complexity index is 726. The van der Waals surface area contributed by atoms with Gasteiger partial charge in [0.2, 0.25) is 11.8 Å². The number of nitrogens with zero attached hydrogens (tertiary/aromatic N) is 2. The fraction of sp³-hybridized carbons (Fsp3) is 0.500. The molecule has 0 bridgehead atoms. The second kappa shape index (κ2) is 6.59. The number of piperazine rings is 1. The van der Waals surface area contributed by atoms with Gasteiger partial charge >= 0.3 is 6.03 Å². The van der Waals surface area contributed by atoms with Crippen LogP contribution in [0.5, 0.6) is 0 Å². The lowest BCUT2D eigenvalue weighted by Crippen LogP contribution is -2.60. The van der Waals surface area contributed by atoms with Crippen molar-refractivity contribution in [3.8, 4) is 0 Å². The first-order chi connectivity index (χ1) is 12.5. The molecule has 3 heterocycles. The number of urea groups is 1. The van der Waals surface area contributed by atoms with Gasteiger partial charge < -0.3 is 20.4 Å². The van der Waals surface area contributed by atoms with E-state index in [4.69, 9.17) is 0 Å². The molecule has 3 aliphatic heterocycles. The summed E-state index contributed by atoms with van der Waals surface area (Å²) < 4.78 is 13.2. The maximum atomic E-state index is 13.2. The first kappa shape index (κ1) is 16.8. The number of carbonyl (C=O) groups excluding carboxylic acids is 3. The molecule has 138 valence electrons. The minimum absolute atomic E-state index is 0.00318. The second-order valence-electron chi connectivity index (χ2n) is 7.09. The Hall–Kier alpha value is -2.64. The molecule has 1 aromatic rings. The third kappa shape index (κ3) is 3.00. The first-order valence-electron chi connectivity index (χ1n) is 8.92. The van der Waals surface area contributed by atoms with Crippen LogP contribution in [0, 0.1) is 5.82 Å². The van der Waals surface area contributed by atoms with Gasteiger partial charge in [-0.2, -0.15) is 0 Å². The van der Waals surface area contributed by atoms with E-state index in [0.29, 0.717) is 25.1 Å². The first-order valence-corrected chi connectivity index (χ1v) is 8.92. The summed E-state index contributed by atoms with van der Waals surface area (Å²) in [7, 11) is 0. The molecule has 0 saturated carbocycles. The summed E-state index contributed by atoms with van der Waals surface area (Å²) in [5, 5.41) is 5.50. The lowest BCUT2D eigenvalue weighted by atomic mass is 10.1. The molecule has 8 heteroatoms. The van der Waals surface area contributed by atoms with E-state index in [1.54, 1.807) is 21.9 Å². The van der Waals surface area contributed by atoms with E-state index in [1.165, 1.54) is 12.1 Å². The zero-order valence-electron chi connectivity index (χ0n) is 14.3. The van der Waals surface area contributed by atoms with Gasteiger partial charge in [-0.05, 0) is 37.0 Å². The Balaban J connectivity index is 1.33. The number of halogens is 1. The highest BCUT2D eigenvalue weighted by molar-refractivity contribution is 5.98. The molecule has 1 aromatic carbocycles. The Labute approximate surface area is 150 Å². The van der Waals surface area contributed by atoms with E-state index in [9.17, 15) is 18.8 Å². The molecule has 7 nitrogen and oxygen atoms in total. The van der Waals surface area contributed by atoms with Gasteiger partial charge in [-0.3, -0.25) is 9.59 Å². The maximum absolute atomic E-state index is 13.2. The van der Waals surface area contributed by atoms with E-state index in [0.717, 1.165) is 12.8 Å². The lowest BCUT2D eigenvalue weighted by Gasteiger charge is -2.38. The van der Waals surface area contributed by atoms with Crippen LogP contribution in [0.2, 0.25) is 0 Å². The molecule has 26 heavy (non-hydrogen) atoms. The van der Waals surface area contributed by atoms with Crippen LogP contribution in [-0.2, 0) is 16.1 Å². The second-order valence-corrected chi connectivity index (χ2v) is 7.09. The van der Waals surface area contributed by atoms with Crippen molar-refractivity contribution in [3.63, 3.8) is 0 Å². The van der Waals surface area contributed by atoms with Gasteiger partial charge in [0.15, 0.2) is 0 Å². The summed E-state index contributed by atoms with van der Waals surface area (Å²) >= 11 is 0.